The van der Waals surface area contributed by atoms with Gasteiger partial charge in [-0.3, -0.25) is 0 Å². The smallest absolute Gasteiger partial charge is 0.420 e. The standard InChI is InChI=1S/C9H6F4O2/c1-5-4-6(2-3-7(5)10)15-8(14)9(11,12)13/h2-4H,1H3. The van der Waals surface area contributed by atoms with Crippen molar-refractivity contribution in [3.8, 4) is 5.75 Å². The second-order valence-corrected chi connectivity index (χ2v) is 2.80. The lowest BCUT2D eigenvalue weighted by atomic mass is 10.2. The fourth-order valence-electron chi connectivity index (χ4n) is 0.846. The van der Waals surface area contributed by atoms with Crippen LogP contribution in [0, 0.1) is 12.7 Å². The van der Waals surface area contributed by atoms with E-state index in [2.05, 4.69) is 4.74 Å². The van der Waals surface area contributed by atoms with Crippen LogP contribution in [0.4, 0.5) is 17.6 Å². The van der Waals surface area contributed by atoms with E-state index in [1.54, 1.807) is 0 Å². The van der Waals surface area contributed by atoms with Crippen LogP contribution in [-0.2, 0) is 4.79 Å². The van der Waals surface area contributed by atoms with Gasteiger partial charge >= 0.3 is 12.1 Å². The maximum atomic E-state index is 12.7. The van der Waals surface area contributed by atoms with E-state index in [4.69, 9.17) is 0 Å². The summed E-state index contributed by atoms with van der Waals surface area (Å²) in [5.74, 6) is -3.24. The third-order valence-corrected chi connectivity index (χ3v) is 1.57. The highest BCUT2D eigenvalue weighted by molar-refractivity contribution is 5.78. The average molecular weight is 222 g/mol. The number of alkyl halides is 3. The van der Waals surface area contributed by atoms with Crippen molar-refractivity contribution in [2.24, 2.45) is 0 Å². The van der Waals surface area contributed by atoms with Crippen molar-refractivity contribution in [3.05, 3.63) is 29.6 Å². The Morgan fingerprint density at radius 2 is 1.93 bits per heavy atom. The fourth-order valence-corrected chi connectivity index (χ4v) is 0.846. The van der Waals surface area contributed by atoms with E-state index in [9.17, 15) is 22.4 Å². The molecule has 82 valence electrons. The Balaban J connectivity index is 2.83. The van der Waals surface area contributed by atoms with Crippen LogP contribution in [0.15, 0.2) is 18.2 Å². The summed E-state index contributed by atoms with van der Waals surface area (Å²) < 4.78 is 52.0. The molecule has 0 aromatic heterocycles. The van der Waals surface area contributed by atoms with Crippen molar-refractivity contribution in [1.82, 2.24) is 0 Å². The van der Waals surface area contributed by atoms with Gasteiger partial charge in [-0.25, -0.2) is 9.18 Å². The molecule has 0 unspecified atom stereocenters. The van der Waals surface area contributed by atoms with Crippen molar-refractivity contribution >= 4 is 5.97 Å². The van der Waals surface area contributed by atoms with Gasteiger partial charge in [0, 0.05) is 0 Å². The number of rotatable bonds is 1. The predicted molar refractivity (Wildman–Crippen MR) is 42.8 cm³/mol. The summed E-state index contributed by atoms with van der Waals surface area (Å²) in [5, 5.41) is 0. The molecule has 0 amide bonds. The van der Waals surface area contributed by atoms with Gasteiger partial charge in [-0.2, -0.15) is 13.2 Å². The topological polar surface area (TPSA) is 26.3 Å². The average Bonchev–Trinajstić information content (AvgIpc) is 2.10. The zero-order valence-corrected chi connectivity index (χ0v) is 7.56. The number of carbonyl (C=O) groups is 1. The van der Waals surface area contributed by atoms with E-state index in [1.807, 2.05) is 0 Å². The Morgan fingerprint density at radius 3 is 2.40 bits per heavy atom. The number of aryl methyl sites for hydroxylation is 1. The van der Waals surface area contributed by atoms with Crippen LogP contribution in [0.3, 0.4) is 0 Å². The van der Waals surface area contributed by atoms with Gasteiger partial charge < -0.3 is 4.74 Å². The maximum Gasteiger partial charge on any atom is 0.491 e. The van der Waals surface area contributed by atoms with Crippen molar-refractivity contribution in [2.75, 3.05) is 0 Å². The van der Waals surface area contributed by atoms with Crippen LogP contribution in [0.5, 0.6) is 5.75 Å². The first-order valence-corrected chi connectivity index (χ1v) is 3.86. The molecule has 0 aliphatic rings. The summed E-state index contributed by atoms with van der Waals surface area (Å²) in [7, 11) is 0. The molecule has 0 heterocycles. The molecular formula is C9H6F4O2. The first kappa shape index (κ1) is 11.5. The summed E-state index contributed by atoms with van der Waals surface area (Å²) in [6, 6.07) is 2.89. The molecule has 1 aromatic carbocycles. The number of halogens is 4. The van der Waals surface area contributed by atoms with Crippen molar-refractivity contribution in [3.63, 3.8) is 0 Å². The third kappa shape index (κ3) is 2.93. The highest BCUT2D eigenvalue weighted by Gasteiger charge is 2.41. The fraction of sp³-hybridized carbons (Fsp3) is 0.222. The zero-order valence-electron chi connectivity index (χ0n) is 7.56. The molecule has 0 fully saturated rings. The number of esters is 1. The number of benzene rings is 1. The lowest BCUT2D eigenvalue weighted by Crippen LogP contribution is -2.27. The molecule has 15 heavy (non-hydrogen) atoms. The lowest BCUT2D eigenvalue weighted by Gasteiger charge is -2.07. The van der Waals surface area contributed by atoms with Crippen molar-refractivity contribution in [2.45, 2.75) is 13.1 Å². The van der Waals surface area contributed by atoms with Gasteiger partial charge in [-0.15, -0.1) is 0 Å². The minimum atomic E-state index is -5.05. The van der Waals surface area contributed by atoms with E-state index in [0.29, 0.717) is 0 Å². The molecule has 1 rings (SSSR count). The first-order chi connectivity index (χ1) is 6.80. The number of hydrogen-bond donors (Lipinski definition) is 0. The molecular weight excluding hydrogens is 216 g/mol. The molecule has 0 atom stereocenters. The summed E-state index contributed by atoms with van der Waals surface area (Å²) in [4.78, 5) is 10.4. The van der Waals surface area contributed by atoms with E-state index in [0.717, 1.165) is 18.2 Å². The molecule has 0 N–H and O–H groups in total. The van der Waals surface area contributed by atoms with Gasteiger partial charge in [0.25, 0.3) is 0 Å². The quantitative estimate of drug-likeness (QED) is 0.414. The Bertz CT molecular complexity index is 384. The Labute approximate surface area is 82.5 Å². The second kappa shape index (κ2) is 3.88. The van der Waals surface area contributed by atoms with Crippen molar-refractivity contribution in [1.29, 1.82) is 0 Å². The van der Waals surface area contributed by atoms with Gasteiger partial charge in [-0.05, 0) is 30.7 Å². The molecule has 2 nitrogen and oxygen atoms in total. The molecule has 0 saturated heterocycles. The maximum absolute atomic E-state index is 12.7. The Kier molecular flexibility index (Phi) is 2.97. The van der Waals surface area contributed by atoms with Crippen LogP contribution >= 0.6 is 0 Å². The highest BCUT2D eigenvalue weighted by Crippen LogP contribution is 2.21. The molecule has 1 aromatic rings. The monoisotopic (exact) mass is 222 g/mol. The summed E-state index contributed by atoms with van der Waals surface area (Å²) in [5.41, 5.74) is 0.0995. The van der Waals surface area contributed by atoms with Crippen LogP contribution in [-0.4, -0.2) is 12.1 Å². The normalized spacial score (nSPS) is 11.3. The molecule has 0 spiro atoms. The van der Waals surface area contributed by atoms with Gasteiger partial charge in [0.1, 0.15) is 11.6 Å². The minimum absolute atomic E-state index is 0.0995. The minimum Gasteiger partial charge on any atom is -0.420 e. The lowest BCUT2D eigenvalue weighted by molar-refractivity contribution is -0.189. The van der Waals surface area contributed by atoms with Gasteiger partial charge in [0.05, 0.1) is 0 Å². The Hall–Kier alpha value is -1.59. The number of hydrogen-bond acceptors (Lipinski definition) is 2. The van der Waals surface area contributed by atoms with E-state index < -0.39 is 18.0 Å². The number of ether oxygens (including phenoxy) is 1. The van der Waals surface area contributed by atoms with Crippen LogP contribution in [0.1, 0.15) is 5.56 Å². The highest BCUT2D eigenvalue weighted by atomic mass is 19.4. The SMILES string of the molecule is Cc1cc(OC(=O)C(F)(F)F)ccc1F. The van der Waals surface area contributed by atoms with Crippen LogP contribution < -0.4 is 4.74 Å². The predicted octanol–water partition coefficient (Wildman–Crippen LogP) is 2.60. The van der Waals surface area contributed by atoms with Gasteiger partial charge in [-0.1, -0.05) is 0 Å². The van der Waals surface area contributed by atoms with Crippen LogP contribution in [0.2, 0.25) is 0 Å². The molecule has 0 saturated carbocycles. The number of carbonyl (C=O) groups excluding carboxylic acids is 1. The third-order valence-electron chi connectivity index (χ3n) is 1.57. The molecule has 0 aliphatic carbocycles. The van der Waals surface area contributed by atoms with E-state index in [-0.39, 0.29) is 11.3 Å². The van der Waals surface area contributed by atoms with Gasteiger partial charge in [0.2, 0.25) is 0 Å². The molecule has 0 radical (unpaired) electrons. The van der Waals surface area contributed by atoms with E-state index in [1.165, 1.54) is 6.92 Å². The second-order valence-electron chi connectivity index (χ2n) is 2.80. The molecule has 0 bridgehead atoms. The zero-order chi connectivity index (χ0) is 11.6. The van der Waals surface area contributed by atoms with Crippen LogP contribution in [0.25, 0.3) is 0 Å². The first-order valence-electron chi connectivity index (χ1n) is 3.86. The Morgan fingerprint density at radius 1 is 1.33 bits per heavy atom. The van der Waals surface area contributed by atoms with Crippen molar-refractivity contribution < 1.29 is 27.1 Å². The molecule has 6 heteroatoms. The molecule has 0 aliphatic heterocycles. The largest absolute Gasteiger partial charge is 0.491 e. The summed E-state index contributed by atoms with van der Waals surface area (Å²) >= 11 is 0. The summed E-state index contributed by atoms with van der Waals surface area (Å²) in [6.07, 6.45) is -5.05. The summed E-state index contributed by atoms with van der Waals surface area (Å²) in [6.45, 7) is 1.35. The van der Waals surface area contributed by atoms with E-state index >= 15 is 0 Å². The van der Waals surface area contributed by atoms with Gasteiger partial charge in [0.15, 0.2) is 0 Å².